The van der Waals surface area contributed by atoms with E-state index in [0.717, 1.165) is 5.56 Å². The molecule has 116 valence electrons. The number of aromatic nitrogens is 3. The second-order valence-electron chi connectivity index (χ2n) is 4.29. The Balaban J connectivity index is 1.89. The van der Waals surface area contributed by atoms with Crippen molar-refractivity contribution in [3.05, 3.63) is 23.5 Å². The van der Waals surface area contributed by atoms with Crippen molar-refractivity contribution in [1.29, 1.82) is 0 Å². The molecule has 0 saturated heterocycles. The van der Waals surface area contributed by atoms with Gasteiger partial charge in [0, 0.05) is 24.2 Å². The van der Waals surface area contributed by atoms with Crippen LogP contribution in [0.25, 0.3) is 10.6 Å². The Kier molecular flexibility index (Phi) is 4.84. The molecule has 0 aliphatic rings. The number of carbonyl (C=O) groups excluding carboxylic acids is 2. The maximum absolute atomic E-state index is 11.9. The van der Waals surface area contributed by atoms with Gasteiger partial charge in [0.15, 0.2) is 0 Å². The van der Waals surface area contributed by atoms with Gasteiger partial charge in [0.2, 0.25) is 5.91 Å². The summed E-state index contributed by atoms with van der Waals surface area (Å²) < 4.78 is 1.63. The van der Waals surface area contributed by atoms with Crippen molar-refractivity contribution in [2.45, 2.75) is 0 Å². The minimum absolute atomic E-state index is 0.190. The van der Waals surface area contributed by atoms with Crippen LogP contribution in [0.5, 0.6) is 0 Å². The highest BCUT2D eigenvalue weighted by atomic mass is 32.1. The molecule has 0 atom stereocenters. The summed E-state index contributed by atoms with van der Waals surface area (Å²) >= 11 is 1.29. The number of amides is 2. The quantitative estimate of drug-likeness (QED) is 0.656. The summed E-state index contributed by atoms with van der Waals surface area (Å²) in [5, 5.41) is 19.2. The Morgan fingerprint density at radius 1 is 1.32 bits per heavy atom. The maximum Gasteiger partial charge on any atom is 0.322 e. The number of carbonyl (C=O) groups is 3. The lowest BCUT2D eigenvalue weighted by atomic mass is 10.4. The van der Waals surface area contributed by atoms with Crippen molar-refractivity contribution < 1.29 is 19.5 Å². The summed E-state index contributed by atoms with van der Waals surface area (Å²) in [6.45, 7) is -0.803. The van der Waals surface area contributed by atoms with Crippen LogP contribution in [0.1, 0.15) is 10.5 Å². The zero-order valence-corrected chi connectivity index (χ0v) is 12.4. The van der Waals surface area contributed by atoms with Crippen LogP contribution in [0, 0.1) is 0 Å². The highest BCUT2D eigenvalue weighted by Gasteiger charge is 2.14. The molecule has 22 heavy (non-hydrogen) atoms. The third-order valence-electron chi connectivity index (χ3n) is 2.53. The second-order valence-corrected chi connectivity index (χ2v) is 5.15. The molecule has 0 spiro atoms. The van der Waals surface area contributed by atoms with Crippen molar-refractivity contribution in [1.82, 2.24) is 25.4 Å². The number of nitrogens with zero attached hydrogens (tertiary/aromatic N) is 3. The predicted octanol–water partition coefficient (Wildman–Crippen LogP) is -0.526. The summed E-state index contributed by atoms with van der Waals surface area (Å²) in [7, 11) is 1.78. The topological polar surface area (TPSA) is 126 Å². The van der Waals surface area contributed by atoms with Crippen molar-refractivity contribution in [2.24, 2.45) is 7.05 Å². The van der Waals surface area contributed by atoms with Crippen LogP contribution in [-0.2, 0) is 16.6 Å². The van der Waals surface area contributed by atoms with Gasteiger partial charge in [-0.15, -0.1) is 11.3 Å². The van der Waals surface area contributed by atoms with Gasteiger partial charge >= 0.3 is 5.97 Å². The lowest BCUT2D eigenvalue weighted by Gasteiger charge is -2.03. The standard InChI is InChI=1S/C12H13N5O4S/c1-17-5-7(2-15-17)12-16-8(6-22-12)11(21)14-3-9(18)13-4-10(19)20/h2,5-6H,3-4H2,1H3,(H,13,18)(H,14,21)(H,19,20). The first kappa shape index (κ1) is 15.6. The Hall–Kier alpha value is -2.75. The van der Waals surface area contributed by atoms with E-state index in [1.807, 2.05) is 0 Å². The van der Waals surface area contributed by atoms with E-state index < -0.39 is 24.3 Å². The molecule has 3 N–H and O–H groups in total. The Morgan fingerprint density at radius 2 is 2.09 bits per heavy atom. The largest absolute Gasteiger partial charge is 0.480 e. The molecule has 0 unspecified atom stereocenters. The Morgan fingerprint density at radius 3 is 2.73 bits per heavy atom. The van der Waals surface area contributed by atoms with Crippen LogP contribution in [0.3, 0.4) is 0 Å². The number of aryl methyl sites for hydroxylation is 1. The maximum atomic E-state index is 11.9. The van der Waals surface area contributed by atoms with Gasteiger partial charge in [-0.25, -0.2) is 4.98 Å². The normalized spacial score (nSPS) is 10.2. The first-order valence-corrected chi connectivity index (χ1v) is 7.05. The van der Waals surface area contributed by atoms with Crippen LogP contribution in [0.2, 0.25) is 0 Å². The fraction of sp³-hybridized carbons (Fsp3) is 0.250. The molecule has 0 fully saturated rings. The molecular weight excluding hydrogens is 310 g/mol. The van der Waals surface area contributed by atoms with E-state index in [2.05, 4.69) is 20.7 Å². The molecular formula is C12H13N5O4S. The smallest absolute Gasteiger partial charge is 0.322 e. The predicted molar refractivity (Wildman–Crippen MR) is 77.3 cm³/mol. The number of hydrogen-bond acceptors (Lipinski definition) is 6. The number of hydrogen-bond donors (Lipinski definition) is 3. The third kappa shape index (κ3) is 4.12. The second kappa shape index (κ2) is 6.80. The summed E-state index contributed by atoms with van der Waals surface area (Å²) in [4.78, 5) is 37.6. The summed E-state index contributed by atoms with van der Waals surface area (Å²) in [5.41, 5.74) is 0.987. The molecule has 0 radical (unpaired) electrons. The molecule has 0 bridgehead atoms. The molecule has 0 saturated carbocycles. The molecule has 9 nitrogen and oxygen atoms in total. The average molecular weight is 323 g/mol. The van der Waals surface area contributed by atoms with E-state index in [4.69, 9.17) is 5.11 Å². The molecule has 0 aliphatic carbocycles. The van der Waals surface area contributed by atoms with Crippen LogP contribution >= 0.6 is 11.3 Å². The minimum Gasteiger partial charge on any atom is -0.480 e. The molecule has 2 amide bonds. The first-order chi connectivity index (χ1) is 10.5. The van der Waals surface area contributed by atoms with Crippen LogP contribution < -0.4 is 10.6 Å². The molecule has 0 aromatic carbocycles. The fourth-order valence-electron chi connectivity index (χ4n) is 1.53. The number of rotatable bonds is 6. The Bertz CT molecular complexity index is 708. The lowest BCUT2D eigenvalue weighted by Crippen LogP contribution is -2.39. The molecule has 10 heteroatoms. The molecule has 2 aromatic heterocycles. The van der Waals surface area contributed by atoms with E-state index in [0.29, 0.717) is 5.01 Å². The number of carboxylic acids is 1. The van der Waals surface area contributed by atoms with Crippen molar-refractivity contribution in [2.75, 3.05) is 13.1 Å². The van der Waals surface area contributed by atoms with Gasteiger partial charge in [0.25, 0.3) is 5.91 Å². The minimum atomic E-state index is -1.15. The lowest BCUT2D eigenvalue weighted by molar-refractivity contribution is -0.137. The summed E-state index contributed by atoms with van der Waals surface area (Å²) in [6, 6.07) is 0. The molecule has 2 rings (SSSR count). The van der Waals surface area contributed by atoms with Crippen molar-refractivity contribution >= 4 is 29.1 Å². The van der Waals surface area contributed by atoms with E-state index in [-0.39, 0.29) is 12.2 Å². The molecule has 2 heterocycles. The third-order valence-corrected chi connectivity index (χ3v) is 3.43. The SMILES string of the molecule is Cn1cc(-c2nc(C(=O)NCC(=O)NCC(=O)O)cs2)cn1. The number of thiazole rings is 1. The van der Waals surface area contributed by atoms with Crippen LogP contribution in [0.4, 0.5) is 0 Å². The van der Waals surface area contributed by atoms with Crippen molar-refractivity contribution in [3.8, 4) is 10.6 Å². The van der Waals surface area contributed by atoms with Gasteiger partial charge in [-0.3, -0.25) is 19.1 Å². The molecule has 2 aromatic rings. The van der Waals surface area contributed by atoms with Crippen LogP contribution in [-0.4, -0.2) is 50.7 Å². The summed E-state index contributed by atoms with van der Waals surface area (Å²) in [6.07, 6.45) is 3.42. The van der Waals surface area contributed by atoms with Crippen LogP contribution in [0.15, 0.2) is 17.8 Å². The fourth-order valence-corrected chi connectivity index (χ4v) is 2.31. The van der Waals surface area contributed by atoms with Gasteiger partial charge in [-0.2, -0.15) is 5.10 Å². The highest BCUT2D eigenvalue weighted by Crippen LogP contribution is 2.22. The van der Waals surface area contributed by atoms with Gasteiger partial charge < -0.3 is 15.7 Å². The monoisotopic (exact) mass is 323 g/mol. The van der Waals surface area contributed by atoms with E-state index in [9.17, 15) is 14.4 Å². The number of aliphatic carboxylic acids is 1. The average Bonchev–Trinajstić information content (AvgIpc) is 3.11. The van der Waals surface area contributed by atoms with Crippen molar-refractivity contribution in [3.63, 3.8) is 0 Å². The Labute approximate surface area is 129 Å². The first-order valence-electron chi connectivity index (χ1n) is 6.17. The van der Waals surface area contributed by atoms with E-state index in [1.54, 1.807) is 29.5 Å². The van der Waals surface area contributed by atoms with E-state index in [1.165, 1.54) is 11.3 Å². The van der Waals surface area contributed by atoms with Gasteiger partial charge in [-0.05, 0) is 0 Å². The zero-order valence-electron chi connectivity index (χ0n) is 11.6. The summed E-state index contributed by atoms with van der Waals surface area (Å²) in [5.74, 6) is -2.24. The van der Waals surface area contributed by atoms with Gasteiger partial charge in [0.1, 0.15) is 17.2 Å². The van der Waals surface area contributed by atoms with Gasteiger partial charge in [-0.1, -0.05) is 0 Å². The van der Waals surface area contributed by atoms with Gasteiger partial charge in [0.05, 0.1) is 12.7 Å². The highest BCUT2D eigenvalue weighted by molar-refractivity contribution is 7.13. The number of nitrogens with one attached hydrogen (secondary N) is 2. The zero-order chi connectivity index (χ0) is 16.1. The molecule has 0 aliphatic heterocycles. The number of carboxylic acid groups (broad SMARTS) is 1. The van der Waals surface area contributed by atoms with E-state index >= 15 is 0 Å².